The van der Waals surface area contributed by atoms with E-state index >= 15 is 0 Å². The standard InChI is InChI=1S/C14H9Cl2FN2/c15-9-4-5-12(13(16)6-9)14(8-18)19-11-3-1-2-10(17)7-11/h1-7,14,19H. The van der Waals surface area contributed by atoms with Crippen molar-refractivity contribution in [3.8, 4) is 6.07 Å². The predicted octanol–water partition coefficient (Wildman–Crippen LogP) is 4.81. The van der Waals surface area contributed by atoms with Gasteiger partial charge in [0, 0.05) is 21.3 Å². The van der Waals surface area contributed by atoms with Crippen molar-refractivity contribution in [3.05, 3.63) is 63.9 Å². The van der Waals surface area contributed by atoms with Crippen LogP contribution in [-0.4, -0.2) is 0 Å². The highest BCUT2D eigenvalue weighted by atomic mass is 35.5. The molecular weight excluding hydrogens is 286 g/mol. The van der Waals surface area contributed by atoms with Crippen LogP contribution in [0.5, 0.6) is 0 Å². The maximum Gasteiger partial charge on any atom is 0.141 e. The first kappa shape index (κ1) is 13.7. The number of nitrogens with one attached hydrogen (secondary N) is 1. The first-order valence-corrected chi connectivity index (χ1v) is 6.22. The molecule has 1 unspecified atom stereocenters. The molecule has 2 aromatic rings. The van der Waals surface area contributed by atoms with Gasteiger partial charge in [-0.2, -0.15) is 5.26 Å². The molecule has 0 saturated carbocycles. The highest BCUT2D eigenvalue weighted by Gasteiger charge is 2.14. The second-order valence-corrected chi connectivity index (χ2v) is 4.73. The Morgan fingerprint density at radius 2 is 1.95 bits per heavy atom. The molecule has 2 aromatic carbocycles. The SMILES string of the molecule is N#CC(Nc1cccc(F)c1)c1ccc(Cl)cc1Cl. The summed E-state index contributed by atoms with van der Waals surface area (Å²) in [6, 6.07) is 12.2. The lowest BCUT2D eigenvalue weighted by molar-refractivity contribution is 0.628. The van der Waals surface area contributed by atoms with Crippen LogP contribution < -0.4 is 5.32 Å². The van der Waals surface area contributed by atoms with E-state index in [2.05, 4.69) is 11.4 Å². The number of hydrogen-bond donors (Lipinski definition) is 1. The lowest BCUT2D eigenvalue weighted by atomic mass is 10.1. The van der Waals surface area contributed by atoms with E-state index in [0.717, 1.165) is 0 Å². The van der Waals surface area contributed by atoms with Crippen molar-refractivity contribution in [2.75, 3.05) is 5.32 Å². The van der Waals surface area contributed by atoms with Gasteiger partial charge in [0.15, 0.2) is 0 Å². The smallest absolute Gasteiger partial charge is 0.141 e. The average molecular weight is 295 g/mol. The van der Waals surface area contributed by atoms with E-state index in [1.54, 1.807) is 30.3 Å². The molecule has 2 nitrogen and oxygen atoms in total. The van der Waals surface area contributed by atoms with E-state index < -0.39 is 6.04 Å². The fourth-order valence-electron chi connectivity index (χ4n) is 1.66. The topological polar surface area (TPSA) is 35.8 Å². The molecule has 0 fully saturated rings. The van der Waals surface area contributed by atoms with Crippen LogP contribution in [0.25, 0.3) is 0 Å². The van der Waals surface area contributed by atoms with Crippen molar-refractivity contribution in [2.24, 2.45) is 0 Å². The van der Waals surface area contributed by atoms with E-state index in [9.17, 15) is 9.65 Å². The Kier molecular flexibility index (Phi) is 4.26. The van der Waals surface area contributed by atoms with Gasteiger partial charge < -0.3 is 5.32 Å². The second kappa shape index (κ2) is 5.92. The van der Waals surface area contributed by atoms with Gasteiger partial charge in [0.25, 0.3) is 0 Å². The Morgan fingerprint density at radius 1 is 1.16 bits per heavy atom. The Hall–Kier alpha value is -1.76. The molecule has 0 aliphatic heterocycles. The normalized spacial score (nSPS) is 11.7. The number of nitrogens with zero attached hydrogens (tertiary/aromatic N) is 1. The molecule has 0 amide bonds. The minimum atomic E-state index is -0.674. The van der Waals surface area contributed by atoms with Gasteiger partial charge in [-0.25, -0.2) is 4.39 Å². The predicted molar refractivity (Wildman–Crippen MR) is 74.8 cm³/mol. The van der Waals surface area contributed by atoms with E-state index in [1.807, 2.05) is 0 Å². The highest BCUT2D eigenvalue weighted by molar-refractivity contribution is 6.35. The lowest BCUT2D eigenvalue weighted by Gasteiger charge is -2.14. The van der Waals surface area contributed by atoms with Crippen molar-refractivity contribution in [2.45, 2.75) is 6.04 Å². The van der Waals surface area contributed by atoms with E-state index in [1.165, 1.54) is 12.1 Å². The van der Waals surface area contributed by atoms with Gasteiger partial charge in [0.05, 0.1) is 6.07 Å². The van der Waals surface area contributed by atoms with Crippen LogP contribution in [0, 0.1) is 17.1 Å². The fourth-order valence-corrected chi connectivity index (χ4v) is 2.18. The maximum atomic E-state index is 13.1. The number of rotatable bonds is 3. The summed E-state index contributed by atoms with van der Waals surface area (Å²) in [4.78, 5) is 0. The third-order valence-electron chi connectivity index (χ3n) is 2.54. The number of halogens is 3. The quantitative estimate of drug-likeness (QED) is 0.882. The summed E-state index contributed by atoms with van der Waals surface area (Å²) in [6.07, 6.45) is 0. The Bertz CT molecular complexity index is 638. The molecule has 0 aliphatic rings. The van der Waals surface area contributed by atoms with Gasteiger partial charge in [0.2, 0.25) is 0 Å². The number of benzene rings is 2. The van der Waals surface area contributed by atoms with Crippen molar-refractivity contribution in [1.82, 2.24) is 0 Å². The largest absolute Gasteiger partial charge is 0.366 e. The molecule has 0 aromatic heterocycles. The summed E-state index contributed by atoms with van der Waals surface area (Å²) in [5, 5.41) is 13.0. The fraction of sp³-hybridized carbons (Fsp3) is 0.0714. The van der Waals surface area contributed by atoms with Gasteiger partial charge in [-0.1, -0.05) is 35.3 Å². The minimum absolute atomic E-state index is 0.371. The summed E-state index contributed by atoms with van der Waals surface area (Å²) in [7, 11) is 0. The molecule has 1 N–H and O–H groups in total. The van der Waals surface area contributed by atoms with Crippen molar-refractivity contribution >= 4 is 28.9 Å². The van der Waals surface area contributed by atoms with Crippen molar-refractivity contribution in [3.63, 3.8) is 0 Å². The highest BCUT2D eigenvalue weighted by Crippen LogP contribution is 2.28. The molecule has 19 heavy (non-hydrogen) atoms. The minimum Gasteiger partial charge on any atom is -0.366 e. The zero-order valence-corrected chi connectivity index (χ0v) is 11.2. The van der Waals surface area contributed by atoms with Crippen molar-refractivity contribution in [1.29, 1.82) is 5.26 Å². The van der Waals surface area contributed by atoms with Gasteiger partial charge in [-0.05, 0) is 30.3 Å². The van der Waals surface area contributed by atoms with Crippen LogP contribution in [0.4, 0.5) is 10.1 Å². The molecule has 5 heteroatoms. The zero-order valence-electron chi connectivity index (χ0n) is 9.70. The first-order valence-electron chi connectivity index (χ1n) is 5.47. The molecule has 0 radical (unpaired) electrons. The summed E-state index contributed by atoms with van der Waals surface area (Å²) < 4.78 is 13.1. The summed E-state index contributed by atoms with van der Waals surface area (Å²) in [6.45, 7) is 0. The molecule has 0 saturated heterocycles. The molecule has 2 rings (SSSR count). The van der Waals surface area contributed by atoms with Crippen LogP contribution in [0.1, 0.15) is 11.6 Å². The molecule has 0 bridgehead atoms. The van der Waals surface area contributed by atoms with E-state index in [4.69, 9.17) is 23.2 Å². The van der Waals surface area contributed by atoms with Gasteiger partial charge in [0.1, 0.15) is 11.9 Å². The summed E-state index contributed by atoms with van der Waals surface area (Å²) in [5.74, 6) is -0.371. The van der Waals surface area contributed by atoms with Gasteiger partial charge in [-0.3, -0.25) is 0 Å². The number of hydrogen-bond acceptors (Lipinski definition) is 2. The Morgan fingerprint density at radius 3 is 2.58 bits per heavy atom. The van der Waals surface area contributed by atoms with Gasteiger partial charge in [-0.15, -0.1) is 0 Å². The lowest BCUT2D eigenvalue weighted by Crippen LogP contribution is -2.09. The summed E-state index contributed by atoms with van der Waals surface area (Å²) >= 11 is 11.9. The molecule has 0 heterocycles. The third-order valence-corrected chi connectivity index (χ3v) is 3.10. The van der Waals surface area contributed by atoms with E-state index in [-0.39, 0.29) is 5.82 Å². The summed E-state index contributed by atoms with van der Waals surface area (Å²) in [5.41, 5.74) is 1.11. The van der Waals surface area contributed by atoms with Gasteiger partial charge >= 0.3 is 0 Å². The third kappa shape index (κ3) is 3.37. The monoisotopic (exact) mass is 294 g/mol. The Balaban J connectivity index is 2.28. The van der Waals surface area contributed by atoms with Crippen LogP contribution in [0.2, 0.25) is 10.0 Å². The van der Waals surface area contributed by atoms with Crippen LogP contribution in [0.3, 0.4) is 0 Å². The first-order chi connectivity index (χ1) is 9.10. The maximum absolute atomic E-state index is 13.1. The molecule has 96 valence electrons. The van der Waals surface area contributed by atoms with Crippen LogP contribution >= 0.6 is 23.2 Å². The second-order valence-electron chi connectivity index (χ2n) is 3.88. The number of anilines is 1. The average Bonchev–Trinajstić information content (AvgIpc) is 2.37. The molecule has 0 aliphatic carbocycles. The van der Waals surface area contributed by atoms with Crippen LogP contribution in [0.15, 0.2) is 42.5 Å². The zero-order chi connectivity index (χ0) is 13.8. The van der Waals surface area contributed by atoms with Crippen LogP contribution in [-0.2, 0) is 0 Å². The molecule has 1 atom stereocenters. The van der Waals surface area contributed by atoms with Crippen molar-refractivity contribution < 1.29 is 4.39 Å². The number of nitriles is 1. The van der Waals surface area contributed by atoms with E-state index in [0.29, 0.717) is 21.3 Å². The molecule has 0 spiro atoms. The molecular formula is C14H9Cl2FN2. The Labute approximate surface area is 120 Å².